The first-order valence-electron chi connectivity index (χ1n) is 8.81. The minimum atomic E-state index is -0.306. The quantitative estimate of drug-likeness (QED) is 0.866. The Morgan fingerprint density at radius 2 is 1.78 bits per heavy atom. The number of urea groups is 1. The number of rotatable bonds is 1. The minimum absolute atomic E-state index is 0.0500. The maximum atomic E-state index is 12.3. The van der Waals surface area contributed by atoms with Crippen LogP contribution in [0.15, 0.2) is 24.3 Å². The maximum Gasteiger partial charge on any atom is 0.319 e. The highest BCUT2D eigenvalue weighted by Gasteiger charge is 2.53. The lowest BCUT2D eigenvalue weighted by molar-refractivity contribution is 0.107. The van der Waals surface area contributed by atoms with E-state index in [1.807, 2.05) is 17.0 Å². The van der Waals surface area contributed by atoms with Crippen molar-refractivity contribution in [1.82, 2.24) is 4.90 Å². The lowest BCUT2D eigenvalue weighted by Crippen LogP contribution is -2.55. The molecule has 2 fully saturated rings. The van der Waals surface area contributed by atoms with E-state index < -0.39 is 0 Å². The Bertz CT molecular complexity index is 627. The number of benzene rings is 1. The molecular weight excluding hydrogens is 286 g/mol. The van der Waals surface area contributed by atoms with Crippen LogP contribution in [0.25, 0.3) is 0 Å². The van der Waals surface area contributed by atoms with Crippen LogP contribution in [0.2, 0.25) is 0 Å². The van der Waals surface area contributed by atoms with Gasteiger partial charge in [0.05, 0.1) is 6.04 Å². The standard InChI is InChI=1S/C19H27N3O/c1-19(2)15-6-4-5-7-16(15)22(18(20)23)17(19)12-10-13-8-9-14(11-12)21(13)3/h4-7,12-14,17H,8-11H2,1-3H3,(H2,20,23). The molecule has 0 aromatic heterocycles. The molecule has 1 aromatic carbocycles. The zero-order chi connectivity index (χ0) is 16.4. The molecular formula is C19H27N3O. The van der Waals surface area contributed by atoms with E-state index >= 15 is 0 Å². The van der Waals surface area contributed by atoms with E-state index in [2.05, 4.69) is 37.9 Å². The number of carbonyl (C=O) groups is 1. The van der Waals surface area contributed by atoms with Gasteiger partial charge in [-0.1, -0.05) is 32.0 Å². The Labute approximate surface area is 138 Å². The summed E-state index contributed by atoms with van der Waals surface area (Å²) in [4.78, 5) is 16.7. The fraction of sp³-hybridized carbons (Fsp3) is 0.632. The third-order valence-electron chi connectivity index (χ3n) is 6.69. The number of hydrogen-bond acceptors (Lipinski definition) is 2. The summed E-state index contributed by atoms with van der Waals surface area (Å²) in [6.07, 6.45) is 4.96. The van der Waals surface area contributed by atoms with Crippen LogP contribution in [-0.2, 0) is 5.41 Å². The summed E-state index contributed by atoms with van der Waals surface area (Å²) in [5.74, 6) is 0.526. The number of primary amides is 1. The zero-order valence-electron chi connectivity index (χ0n) is 14.3. The normalized spacial score (nSPS) is 35.3. The van der Waals surface area contributed by atoms with Gasteiger partial charge in [0, 0.05) is 23.2 Å². The second-order valence-electron chi connectivity index (χ2n) is 8.17. The molecule has 2 bridgehead atoms. The van der Waals surface area contributed by atoms with Crippen molar-refractivity contribution in [2.24, 2.45) is 11.7 Å². The highest BCUT2D eigenvalue weighted by Crippen LogP contribution is 2.51. The monoisotopic (exact) mass is 313 g/mol. The van der Waals surface area contributed by atoms with Gasteiger partial charge in [-0.2, -0.15) is 0 Å². The molecule has 3 unspecified atom stereocenters. The number of hydrogen-bond donors (Lipinski definition) is 1. The van der Waals surface area contributed by atoms with E-state index in [0.29, 0.717) is 18.0 Å². The summed E-state index contributed by atoms with van der Waals surface area (Å²) in [5.41, 5.74) is 8.04. The first kappa shape index (κ1) is 15.0. The Kier molecular flexibility index (Phi) is 3.24. The summed E-state index contributed by atoms with van der Waals surface area (Å²) in [5, 5.41) is 0. The van der Waals surface area contributed by atoms with Crippen molar-refractivity contribution in [3.63, 3.8) is 0 Å². The van der Waals surface area contributed by atoms with E-state index in [9.17, 15) is 4.79 Å². The molecule has 0 spiro atoms. The molecule has 3 atom stereocenters. The van der Waals surface area contributed by atoms with Gasteiger partial charge in [-0.15, -0.1) is 0 Å². The molecule has 4 nitrogen and oxygen atoms in total. The minimum Gasteiger partial charge on any atom is -0.351 e. The van der Waals surface area contributed by atoms with Crippen molar-refractivity contribution < 1.29 is 4.79 Å². The van der Waals surface area contributed by atoms with Gasteiger partial charge in [0.25, 0.3) is 0 Å². The van der Waals surface area contributed by atoms with Crippen LogP contribution in [0.1, 0.15) is 45.1 Å². The molecule has 2 saturated heterocycles. The molecule has 2 N–H and O–H groups in total. The Balaban J connectivity index is 1.74. The van der Waals surface area contributed by atoms with Crippen LogP contribution in [0, 0.1) is 5.92 Å². The number of amides is 2. The highest BCUT2D eigenvalue weighted by molar-refractivity contribution is 5.95. The van der Waals surface area contributed by atoms with Gasteiger partial charge in [0.15, 0.2) is 0 Å². The third-order valence-corrected chi connectivity index (χ3v) is 6.69. The SMILES string of the molecule is CN1C2CCC1CC(C1N(C(N)=O)c3ccccc3C1(C)C)C2. The average Bonchev–Trinajstić information content (AvgIpc) is 2.86. The van der Waals surface area contributed by atoms with E-state index in [4.69, 9.17) is 5.73 Å². The third kappa shape index (κ3) is 2.04. The number of piperidine rings is 1. The molecule has 0 saturated carbocycles. The lowest BCUT2D eigenvalue weighted by Gasteiger charge is -2.45. The topological polar surface area (TPSA) is 49.6 Å². The molecule has 0 aliphatic carbocycles. The van der Waals surface area contributed by atoms with Crippen molar-refractivity contribution >= 4 is 11.7 Å². The second-order valence-corrected chi connectivity index (χ2v) is 8.17. The van der Waals surface area contributed by atoms with Gasteiger partial charge in [0.2, 0.25) is 0 Å². The van der Waals surface area contributed by atoms with E-state index in [0.717, 1.165) is 5.69 Å². The van der Waals surface area contributed by atoms with Crippen molar-refractivity contribution in [2.75, 3.05) is 11.9 Å². The summed E-state index contributed by atoms with van der Waals surface area (Å²) in [7, 11) is 2.26. The summed E-state index contributed by atoms with van der Waals surface area (Å²) in [6.45, 7) is 4.55. The smallest absolute Gasteiger partial charge is 0.319 e. The fourth-order valence-electron chi connectivity index (χ4n) is 5.63. The maximum absolute atomic E-state index is 12.3. The predicted molar refractivity (Wildman–Crippen MR) is 92.6 cm³/mol. The van der Waals surface area contributed by atoms with Gasteiger partial charge in [-0.05, 0) is 50.3 Å². The van der Waals surface area contributed by atoms with Crippen LogP contribution in [0.4, 0.5) is 10.5 Å². The molecule has 4 heteroatoms. The Morgan fingerprint density at radius 3 is 2.39 bits per heavy atom. The van der Waals surface area contributed by atoms with Gasteiger partial charge in [-0.25, -0.2) is 4.79 Å². The van der Waals surface area contributed by atoms with Crippen molar-refractivity contribution in [1.29, 1.82) is 0 Å². The molecule has 23 heavy (non-hydrogen) atoms. The summed E-state index contributed by atoms with van der Waals surface area (Å²) in [6, 6.07) is 9.50. The highest BCUT2D eigenvalue weighted by atomic mass is 16.2. The number of carbonyl (C=O) groups excluding carboxylic acids is 1. The number of anilines is 1. The van der Waals surface area contributed by atoms with E-state index in [1.165, 1.54) is 31.2 Å². The van der Waals surface area contributed by atoms with Crippen molar-refractivity contribution in [3.8, 4) is 0 Å². The molecule has 4 rings (SSSR count). The van der Waals surface area contributed by atoms with Crippen molar-refractivity contribution in [3.05, 3.63) is 29.8 Å². The number of fused-ring (bicyclic) bond motifs is 3. The van der Waals surface area contributed by atoms with Crippen molar-refractivity contribution in [2.45, 2.75) is 63.1 Å². The van der Waals surface area contributed by atoms with Crippen LogP contribution in [-0.4, -0.2) is 36.1 Å². The largest absolute Gasteiger partial charge is 0.351 e. The van der Waals surface area contributed by atoms with Crippen LogP contribution in [0.5, 0.6) is 0 Å². The fourth-order valence-corrected chi connectivity index (χ4v) is 5.63. The van der Waals surface area contributed by atoms with E-state index in [-0.39, 0.29) is 17.5 Å². The average molecular weight is 313 g/mol. The molecule has 3 aliphatic heterocycles. The number of para-hydroxylation sites is 1. The number of nitrogens with zero attached hydrogens (tertiary/aromatic N) is 2. The van der Waals surface area contributed by atoms with Gasteiger partial charge >= 0.3 is 6.03 Å². The molecule has 1 aromatic rings. The Hall–Kier alpha value is -1.55. The second kappa shape index (κ2) is 4.97. The number of nitrogens with two attached hydrogens (primary N) is 1. The van der Waals surface area contributed by atoms with Gasteiger partial charge < -0.3 is 10.6 Å². The van der Waals surface area contributed by atoms with Gasteiger partial charge in [0.1, 0.15) is 0 Å². The summed E-state index contributed by atoms with van der Waals surface area (Å²) < 4.78 is 0. The van der Waals surface area contributed by atoms with Crippen LogP contribution < -0.4 is 10.6 Å². The molecule has 3 aliphatic rings. The summed E-state index contributed by atoms with van der Waals surface area (Å²) >= 11 is 0. The lowest BCUT2D eigenvalue weighted by atomic mass is 9.71. The zero-order valence-corrected chi connectivity index (χ0v) is 14.3. The Morgan fingerprint density at radius 1 is 1.17 bits per heavy atom. The molecule has 2 amide bonds. The van der Waals surface area contributed by atoms with Crippen LogP contribution >= 0.6 is 0 Å². The van der Waals surface area contributed by atoms with Gasteiger partial charge in [-0.3, -0.25) is 4.90 Å². The predicted octanol–water partition coefficient (Wildman–Crippen LogP) is 3.10. The molecule has 0 radical (unpaired) electrons. The first-order valence-corrected chi connectivity index (χ1v) is 8.81. The molecule has 124 valence electrons. The van der Waals surface area contributed by atoms with E-state index in [1.54, 1.807) is 0 Å². The first-order chi connectivity index (χ1) is 10.9. The molecule has 3 heterocycles. The van der Waals surface area contributed by atoms with Crippen LogP contribution in [0.3, 0.4) is 0 Å².